The molecule has 4 nitrogen and oxygen atoms in total. The van der Waals surface area contributed by atoms with E-state index in [2.05, 4.69) is 4.98 Å². The van der Waals surface area contributed by atoms with Crippen molar-refractivity contribution in [1.29, 1.82) is 0 Å². The van der Waals surface area contributed by atoms with Gasteiger partial charge in [-0.15, -0.1) is 0 Å². The molecule has 0 N–H and O–H groups in total. The van der Waals surface area contributed by atoms with E-state index >= 15 is 0 Å². The maximum Gasteiger partial charge on any atom is 0.257 e. The van der Waals surface area contributed by atoms with Crippen molar-refractivity contribution in [2.45, 2.75) is 24.7 Å². The zero-order valence-electron chi connectivity index (χ0n) is 18.5. The summed E-state index contributed by atoms with van der Waals surface area (Å²) in [6.45, 7) is 0. The Bertz CT molecular complexity index is 1300. The second kappa shape index (κ2) is 10.2. The molecule has 1 saturated heterocycles. The first-order chi connectivity index (χ1) is 17.0. The third-order valence-corrected chi connectivity index (χ3v) is 6.56. The lowest BCUT2D eigenvalue weighted by Gasteiger charge is -2.44. The van der Waals surface area contributed by atoms with E-state index in [0.717, 1.165) is 16.7 Å². The topological polar surface area (TPSA) is 42.4 Å². The Morgan fingerprint density at radius 2 is 1.49 bits per heavy atom. The van der Waals surface area contributed by atoms with Gasteiger partial charge < -0.3 is 4.74 Å². The summed E-state index contributed by atoms with van der Waals surface area (Å²) in [4.78, 5) is 19.9. The van der Waals surface area contributed by atoms with Crippen LogP contribution in [0.3, 0.4) is 0 Å². The molecule has 4 aromatic rings. The number of rotatable bonds is 5. The number of hydrogen-bond donors (Lipinski definition) is 0. The van der Waals surface area contributed by atoms with Gasteiger partial charge in [0.25, 0.3) is 5.91 Å². The van der Waals surface area contributed by atoms with Crippen molar-refractivity contribution in [2.24, 2.45) is 0 Å². The first-order valence-electron chi connectivity index (χ1n) is 11.1. The Labute approximate surface area is 212 Å². The number of aromatic nitrogens is 1. The largest absolute Gasteiger partial charge is 0.358 e. The summed E-state index contributed by atoms with van der Waals surface area (Å²) in [5, 5.41) is 1.21. The van der Waals surface area contributed by atoms with Crippen LogP contribution in [-0.4, -0.2) is 17.0 Å². The minimum atomic E-state index is -0.787. The minimum absolute atomic E-state index is 0.201. The van der Waals surface area contributed by atoms with E-state index in [1.165, 1.54) is 12.1 Å². The molecular weight excluding hydrogens is 486 g/mol. The van der Waals surface area contributed by atoms with Crippen LogP contribution in [0.5, 0.6) is 0 Å². The highest BCUT2D eigenvalue weighted by Gasteiger charge is 2.44. The van der Waals surface area contributed by atoms with Crippen molar-refractivity contribution in [1.82, 2.24) is 4.98 Å². The molecule has 0 saturated carbocycles. The highest BCUT2D eigenvalue weighted by molar-refractivity contribution is 6.30. The third-order valence-electron chi connectivity index (χ3n) is 6.06. The second-order valence-corrected chi connectivity index (χ2v) is 9.22. The maximum atomic E-state index is 13.9. The molecule has 1 aliphatic heterocycles. The van der Waals surface area contributed by atoms with Gasteiger partial charge in [-0.05, 0) is 65.2 Å². The van der Waals surface area contributed by atoms with Crippen molar-refractivity contribution < 1.29 is 13.9 Å². The molecule has 0 aliphatic carbocycles. The molecule has 3 atom stereocenters. The van der Waals surface area contributed by atoms with Crippen molar-refractivity contribution in [3.05, 3.63) is 130 Å². The molecule has 7 heteroatoms. The van der Waals surface area contributed by atoms with Crippen molar-refractivity contribution in [2.75, 3.05) is 4.90 Å². The number of carbonyl (C=O) groups excluding carboxylic acids is 1. The number of amides is 1. The molecule has 2 heterocycles. The van der Waals surface area contributed by atoms with Crippen molar-refractivity contribution in [3.63, 3.8) is 0 Å². The predicted molar refractivity (Wildman–Crippen MR) is 135 cm³/mol. The minimum Gasteiger partial charge on any atom is -0.358 e. The van der Waals surface area contributed by atoms with Crippen LogP contribution in [0.15, 0.2) is 97.3 Å². The summed E-state index contributed by atoms with van der Waals surface area (Å²) in [6, 6.07) is 24.1. The summed E-state index contributed by atoms with van der Waals surface area (Å²) >= 11 is 12.3. The van der Waals surface area contributed by atoms with E-state index < -0.39 is 18.2 Å². The second-order valence-electron chi connectivity index (χ2n) is 8.34. The number of halogens is 3. The van der Waals surface area contributed by atoms with Crippen LogP contribution in [0, 0.1) is 5.82 Å². The quantitative estimate of drug-likeness (QED) is 0.293. The van der Waals surface area contributed by atoms with Gasteiger partial charge >= 0.3 is 0 Å². The smallest absolute Gasteiger partial charge is 0.257 e. The van der Waals surface area contributed by atoms with Gasteiger partial charge in [0.15, 0.2) is 0 Å². The number of nitrogens with zero attached hydrogens (tertiary/aromatic N) is 2. The zero-order chi connectivity index (χ0) is 24.4. The average Bonchev–Trinajstić information content (AvgIpc) is 2.88. The number of morpholine rings is 1. The van der Waals surface area contributed by atoms with Crippen molar-refractivity contribution >= 4 is 34.8 Å². The van der Waals surface area contributed by atoms with E-state index in [0.29, 0.717) is 22.2 Å². The molecule has 0 unspecified atom stereocenters. The van der Waals surface area contributed by atoms with Gasteiger partial charge in [0.1, 0.15) is 18.0 Å². The van der Waals surface area contributed by atoms with E-state index in [1.54, 1.807) is 59.8 Å². The van der Waals surface area contributed by atoms with E-state index in [9.17, 15) is 9.18 Å². The van der Waals surface area contributed by atoms with Crippen LogP contribution in [0.25, 0.3) is 0 Å². The molecule has 5 rings (SSSR count). The Morgan fingerprint density at radius 3 is 2.09 bits per heavy atom. The number of pyridine rings is 1. The lowest BCUT2D eigenvalue weighted by Crippen LogP contribution is -2.51. The van der Waals surface area contributed by atoms with Crippen LogP contribution in [0.2, 0.25) is 10.0 Å². The predicted octanol–water partition coefficient (Wildman–Crippen LogP) is 6.98. The summed E-state index contributed by atoms with van der Waals surface area (Å²) in [5.74, 6) is -0.532. The molecule has 1 aromatic heterocycles. The number of ether oxygens (including phenoxy) is 1. The van der Waals surface area contributed by atoms with Gasteiger partial charge in [0, 0.05) is 22.7 Å². The molecular formula is C28H21Cl2FN2O2. The van der Waals surface area contributed by atoms with Gasteiger partial charge in [-0.2, -0.15) is 0 Å². The van der Waals surface area contributed by atoms with Gasteiger partial charge in [-0.3, -0.25) is 14.7 Å². The number of anilines is 1. The summed E-state index contributed by atoms with van der Waals surface area (Å²) < 4.78 is 20.0. The first-order valence-corrected chi connectivity index (χ1v) is 11.9. The number of carbonyl (C=O) groups is 1. The van der Waals surface area contributed by atoms with Gasteiger partial charge in [-0.25, -0.2) is 4.39 Å². The van der Waals surface area contributed by atoms with Crippen molar-refractivity contribution in [3.8, 4) is 0 Å². The van der Waals surface area contributed by atoms with Crippen LogP contribution in [-0.2, 0) is 16.0 Å². The molecule has 35 heavy (non-hydrogen) atoms. The SMILES string of the molecule is O=C1[C@H](Cc2ccc(F)cc2)O[C@H](c2ccc(Cl)cc2)[C@H](c2ccc(Cl)cc2)N1c1cccnc1. The summed E-state index contributed by atoms with van der Waals surface area (Å²) in [5.41, 5.74) is 3.20. The molecule has 1 amide bonds. The average molecular weight is 507 g/mol. The van der Waals surface area contributed by atoms with Crippen LogP contribution >= 0.6 is 23.2 Å². The molecule has 3 aromatic carbocycles. The van der Waals surface area contributed by atoms with Crippen LogP contribution in [0.1, 0.15) is 28.8 Å². The van der Waals surface area contributed by atoms with Gasteiger partial charge in [0.2, 0.25) is 0 Å². The lowest BCUT2D eigenvalue weighted by atomic mass is 9.90. The Hall–Kier alpha value is -3.25. The molecule has 0 spiro atoms. The molecule has 0 bridgehead atoms. The molecule has 0 radical (unpaired) electrons. The molecule has 1 aliphatic rings. The zero-order valence-corrected chi connectivity index (χ0v) is 20.0. The maximum absolute atomic E-state index is 13.9. The number of benzene rings is 3. The monoisotopic (exact) mass is 506 g/mol. The van der Waals surface area contributed by atoms with Crippen LogP contribution in [0.4, 0.5) is 10.1 Å². The fraction of sp³-hybridized carbons (Fsp3) is 0.143. The molecule has 1 fully saturated rings. The fourth-order valence-corrected chi connectivity index (χ4v) is 4.64. The first kappa shape index (κ1) is 23.5. The van der Waals surface area contributed by atoms with E-state index in [1.807, 2.05) is 30.3 Å². The number of hydrogen-bond acceptors (Lipinski definition) is 3. The highest BCUT2D eigenvalue weighted by Crippen LogP contribution is 2.44. The lowest BCUT2D eigenvalue weighted by molar-refractivity contribution is -0.145. The van der Waals surface area contributed by atoms with E-state index in [4.69, 9.17) is 27.9 Å². The highest BCUT2D eigenvalue weighted by atomic mass is 35.5. The van der Waals surface area contributed by atoms with Crippen LogP contribution < -0.4 is 4.90 Å². The van der Waals surface area contributed by atoms with Gasteiger partial charge in [-0.1, -0.05) is 59.6 Å². The van der Waals surface area contributed by atoms with Gasteiger partial charge in [0.05, 0.1) is 17.9 Å². The normalized spacial score (nSPS) is 20.1. The van der Waals surface area contributed by atoms with E-state index in [-0.39, 0.29) is 11.7 Å². The summed E-state index contributed by atoms with van der Waals surface area (Å²) in [7, 11) is 0. The Morgan fingerprint density at radius 1 is 0.857 bits per heavy atom. The third kappa shape index (κ3) is 5.08. The Balaban J connectivity index is 1.63. The fourth-order valence-electron chi connectivity index (χ4n) is 4.39. The Kier molecular flexibility index (Phi) is 6.82. The molecule has 176 valence electrons. The summed E-state index contributed by atoms with van der Waals surface area (Å²) in [6.07, 6.45) is 2.34. The standard InChI is InChI=1S/C28H21Cl2FN2O2/c29-21-9-5-19(6-10-21)26-27(20-7-11-22(30)12-8-20)35-25(16-18-3-13-23(31)14-4-18)28(34)33(26)24-2-1-15-32-17-24/h1-15,17,25-27H,16H2/t25-,26-,27+/m0/s1.